The highest BCUT2D eigenvalue weighted by Crippen LogP contribution is 2.00. The van der Waals surface area contributed by atoms with Gasteiger partial charge in [-0.05, 0) is 13.8 Å². The van der Waals surface area contributed by atoms with E-state index in [0.717, 1.165) is 6.26 Å². The molecular weight excluding hydrogens is 216 g/mol. The fourth-order valence-electron chi connectivity index (χ4n) is 0.847. The molecule has 0 spiro atoms. The van der Waals surface area contributed by atoms with Gasteiger partial charge < -0.3 is 5.32 Å². The fraction of sp³-hybridized carbons (Fsp3) is 0.667. The summed E-state index contributed by atoms with van der Waals surface area (Å²) < 4.78 is 23.5. The predicted molar refractivity (Wildman–Crippen MR) is 59.9 cm³/mol. The lowest BCUT2D eigenvalue weighted by Gasteiger charge is -2.22. The van der Waals surface area contributed by atoms with Crippen LogP contribution in [0.1, 0.15) is 13.8 Å². The molecule has 0 saturated heterocycles. The van der Waals surface area contributed by atoms with Crippen molar-refractivity contribution in [1.29, 1.82) is 0 Å². The van der Waals surface area contributed by atoms with Crippen LogP contribution in [-0.2, 0) is 14.8 Å². The number of hydrogen-bond donors (Lipinski definition) is 1. The van der Waals surface area contributed by atoms with E-state index < -0.39 is 10.0 Å². The Morgan fingerprint density at radius 2 is 2.00 bits per heavy atom. The maximum atomic E-state index is 11.1. The summed E-state index contributed by atoms with van der Waals surface area (Å²) in [6.07, 6.45) is 1.13. The van der Waals surface area contributed by atoms with Gasteiger partial charge in [-0.2, -0.15) is 0 Å². The van der Waals surface area contributed by atoms with Crippen LogP contribution >= 0.6 is 0 Å². The molecule has 0 aromatic rings. The zero-order valence-corrected chi connectivity index (χ0v) is 10.4. The van der Waals surface area contributed by atoms with E-state index >= 15 is 0 Å². The number of amides is 1. The van der Waals surface area contributed by atoms with Gasteiger partial charge in [0.1, 0.15) is 0 Å². The van der Waals surface area contributed by atoms with Crippen LogP contribution in [0.15, 0.2) is 12.2 Å². The number of nitrogens with zero attached hydrogens (tertiary/aromatic N) is 1. The molecule has 0 radical (unpaired) electrons. The number of sulfonamides is 1. The summed E-state index contributed by atoms with van der Waals surface area (Å²) in [4.78, 5) is 11.1. The van der Waals surface area contributed by atoms with Gasteiger partial charge in [-0.15, -0.1) is 0 Å². The first-order valence-electron chi connectivity index (χ1n) is 4.53. The summed E-state index contributed by atoms with van der Waals surface area (Å²) in [5.41, 5.74) is 0.407. The number of hydrogen-bond acceptors (Lipinski definition) is 3. The van der Waals surface area contributed by atoms with Crippen molar-refractivity contribution < 1.29 is 13.2 Å². The first kappa shape index (κ1) is 14.1. The van der Waals surface area contributed by atoms with E-state index in [2.05, 4.69) is 11.9 Å². The molecule has 1 N–H and O–H groups in total. The minimum Gasteiger partial charge on any atom is -0.351 e. The van der Waals surface area contributed by atoms with E-state index in [1.165, 1.54) is 11.4 Å². The number of carbonyl (C=O) groups excluding carboxylic acids is 1. The third-order valence-electron chi connectivity index (χ3n) is 2.09. The van der Waals surface area contributed by atoms with Crippen molar-refractivity contribution in [2.45, 2.75) is 19.9 Å². The lowest BCUT2D eigenvalue weighted by atomic mass is 10.3. The van der Waals surface area contributed by atoms with Gasteiger partial charge in [0.15, 0.2) is 0 Å². The molecule has 1 amide bonds. The molecule has 15 heavy (non-hydrogen) atoms. The normalized spacial score (nSPS) is 13.7. The summed E-state index contributed by atoms with van der Waals surface area (Å²) in [5.74, 6) is -0.260. The van der Waals surface area contributed by atoms with Crippen molar-refractivity contribution >= 4 is 15.9 Å². The third-order valence-corrected chi connectivity index (χ3v) is 3.50. The van der Waals surface area contributed by atoms with Gasteiger partial charge in [0.25, 0.3) is 0 Å². The highest BCUT2D eigenvalue weighted by Gasteiger charge is 2.18. The molecule has 1 unspecified atom stereocenters. The molecule has 0 aliphatic heterocycles. The number of likely N-dealkylation sites (N-methyl/N-ethyl adjacent to an activating group) is 1. The van der Waals surface area contributed by atoms with Crippen molar-refractivity contribution in [2.75, 3.05) is 19.8 Å². The molecule has 0 aromatic carbocycles. The van der Waals surface area contributed by atoms with E-state index in [9.17, 15) is 13.2 Å². The Kier molecular flexibility index (Phi) is 4.96. The lowest BCUT2D eigenvalue weighted by Crippen LogP contribution is -2.42. The molecule has 0 fully saturated rings. The fourth-order valence-corrected chi connectivity index (χ4v) is 1.57. The summed E-state index contributed by atoms with van der Waals surface area (Å²) in [6, 6.07) is -0.275. The highest BCUT2D eigenvalue weighted by molar-refractivity contribution is 7.88. The maximum Gasteiger partial charge on any atom is 0.246 e. The topological polar surface area (TPSA) is 66.5 Å². The van der Waals surface area contributed by atoms with E-state index in [4.69, 9.17) is 0 Å². The van der Waals surface area contributed by atoms with Gasteiger partial charge in [-0.3, -0.25) is 4.79 Å². The maximum absolute atomic E-state index is 11.1. The van der Waals surface area contributed by atoms with Crippen LogP contribution in [0.5, 0.6) is 0 Å². The lowest BCUT2D eigenvalue weighted by molar-refractivity contribution is -0.117. The largest absolute Gasteiger partial charge is 0.351 e. The second kappa shape index (κ2) is 5.27. The monoisotopic (exact) mass is 234 g/mol. The molecule has 0 saturated carbocycles. The van der Waals surface area contributed by atoms with Gasteiger partial charge in [-0.25, -0.2) is 12.7 Å². The quantitative estimate of drug-likeness (QED) is 0.679. The van der Waals surface area contributed by atoms with E-state index in [1.54, 1.807) is 13.8 Å². The predicted octanol–water partition coefficient (Wildman–Crippen LogP) is -0.0414. The molecule has 0 rings (SSSR count). The smallest absolute Gasteiger partial charge is 0.246 e. The zero-order chi connectivity index (χ0) is 12.2. The van der Waals surface area contributed by atoms with Crippen LogP contribution < -0.4 is 5.32 Å². The van der Waals surface area contributed by atoms with Crippen molar-refractivity contribution in [3.8, 4) is 0 Å². The molecule has 0 bridgehead atoms. The second-order valence-electron chi connectivity index (χ2n) is 3.62. The highest BCUT2D eigenvalue weighted by atomic mass is 32.2. The van der Waals surface area contributed by atoms with Crippen molar-refractivity contribution in [3.63, 3.8) is 0 Å². The Morgan fingerprint density at radius 1 is 1.53 bits per heavy atom. The average Bonchev–Trinajstić information content (AvgIpc) is 2.10. The summed E-state index contributed by atoms with van der Waals surface area (Å²) in [6.45, 7) is 7.08. The van der Waals surface area contributed by atoms with Crippen molar-refractivity contribution in [1.82, 2.24) is 9.62 Å². The SMILES string of the molecule is C=C(C)C(=O)NCC(C)N(C)S(C)(=O)=O. The molecule has 88 valence electrons. The Morgan fingerprint density at radius 3 is 2.33 bits per heavy atom. The van der Waals surface area contributed by atoms with Gasteiger partial charge >= 0.3 is 0 Å². The first-order chi connectivity index (χ1) is 6.66. The summed E-state index contributed by atoms with van der Waals surface area (Å²) in [7, 11) is -1.73. The van der Waals surface area contributed by atoms with Crippen LogP contribution in [0.4, 0.5) is 0 Å². The molecule has 0 aliphatic rings. The molecule has 0 aliphatic carbocycles. The third kappa shape index (κ3) is 4.94. The number of rotatable bonds is 5. The van der Waals surface area contributed by atoms with E-state index in [1.807, 2.05) is 0 Å². The molecule has 1 atom stereocenters. The Bertz CT molecular complexity index is 348. The van der Waals surface area contributed by atoms with Crippen molar-refractivity contribution in [2.24, 2.45) is 0 Å². The zero-order valence-electron chi connectivity index (χ0n) is 9.57. The summed E-state index contributed by atoms with van der Waals surface area (Å²) in [5, 5.41) is 2.59. The van der Waals surface area contributed by atoms with Crippen LogP contribution in [0.25, 0.3) is 0 Å². The van der Waals surface area contributed by atoms with Crippen LogP contribution in [0, 0.1) is 0 Å². The van der Waals surface area contributed by atoms with Crippen LogP contribution in [0.3, 0.4) is 0 Å². The minimum absolute atomic E-state index is 0.260. The second-order valence-corrected chi connectivity index (χ2v) is 5.66. The van der Waals surface area contributed by atoms with E-state index in [-0.39, 0.29) is 18.5 Å². The molecule has 0 aromatic heterocycles. The van der Waals surface area contributed by atoms with Gasteiger partial charge in [0.2, 0.25) is 15.9 Å². The molecule has 0 heterocycles. The van der Waals surface area contributed by atoms with Crippen LogP contribution in [0.2, 0.25) is 0 Å². The Balaban J connectivity index is 4.22. The van der Waals surface area contributed by atoms with Gasteiger partial charge in [-0.1, -0.05) is 6.58 Å². The Hall–Kier alpha value is -0.880. The minimum atomic E-state index is -3.21. The molecule has 6 heteroatoms. The van der Waals surface area contributed by atoms with E-state index in [0.29, 0.717) is 5.57 Å². The van der Waals surface area contributed by atoms with Gasteiger partial charge in [0.05, 0.1) is 6.26 Å². The first-order valence-corrected chi connectivity index (χ1v) is 6.37. The molecular formula is C9H18N2O3S. The Labute approximate surface area is 91.2 Å². The average molecular weight is 234 g/mol. The van der Waals surface area contributed by atoms with Crippen molar-refractivity contribution in [3.05, 3.63) is 12.2 Å². The number of carbonyl (C=O) groups is 1. The molecule has 5 nitrogen and oxygen atoms in total. The summed E-state index contributed by atoms with van der Waals surface area (Å²) >= 11 is 0. The van der Waals surface area contributed by atoms with Crippen LogP contribution in [-0.4, -0.2) is 44.5 Å². The number of nitrogens with one attached hydrogen (secondary N) is 1. The van der Waals surface area contributed by atoms with Gasteiger partial charge in [0, 0.05) is 25.2 Å². The standard InChI is InChI=1S/C9H18N2O3S/c1-7(2)9(12)10-6-8(3)11(4)15(5,13)14/h8H,1,6H2,2-5H3,(H,10,12).